The van der Waals surface area contributed by atoms with Gasteiger partial charge in [-0.25, -0.2) is 8.42 Å². The van der Waals surface area contributed by atoms with Crippen molar-refractivity contribution < 1.29 is 17.6 Å². The van der Waals surface area contributed by atoms with Gasteiger partial charge in [-0.05, 0) is 56.0 Å². The highest BCUT2D eigenvalue weighted by Gasteiger charge is 2.26. The highest BCUT2D eigenvalue weighted by molar-refractivity contribution is 7.89. The van der Waals surface area contributed by atoms with Crippen LogP contribution in [0.4, 0.5) is 5.69 Å². The van der Waals surface area contributed by atoms with Crippen molar-refractivity contribution in [2.75, 3.05) is 18.4 Å². The van der Waals surface area contributed by atoms with Crippen molar-refractivity contribution in [1.29, 1.82) is 0 Å². The van der Waals surface area contributed by atoms with Gasteiger partial charge in [0.2, 0.25) is 15.9 Å². The number of piperidine rings is 1. The number of hydrogen-bond acceptors (Lipinski definition) is 4. The molecule has 0 spiro atoms. The number of carbonyl (C=O) groups is 1. The zero-order valence-electron chi connectivity index (χ0n) is 17.3. The Labute approximate surface area is 176 Å². The molecule has 1 aromatic heterocycles. The maximum absolute atomic E-state index is 13.0. The van der Waals surface area contributed by atoms with E-state index in [1.54, 1.807) is 24.5 Å². The second-order valence-corrected chi connectivity index (χ2v) is 9.86. The monoisotopic (exact) mass is 426 g/mol. The zero-order valence-corrected chi connectivity index (χ0v) is 18.1. The number of anilines is 1. The number of nitrogens with zero attached hydrogens (tertiary/aromatic N) is 1. The molecule has 3 aromatic rings. The predicted molar refractivity (Wildman–Crippen MR) is 117 cm³/mol. The van der Waals surface area contributed by atoms with Gasteiger partial charge in [0.05, 0.1) is 17.6 Å². The topological polar surface area (TPSA) is 79.6 Å². The fourth-order valence-corrected chi connectivity index (χ4v) is 5.39. The number of furan rings is 1. The largest absolute Gasteiger partial charge is 0.464 e. The van der Waals surface area contributed by atoms with Crippen molar-refractivity contribution >= 4 is 32.6 Å². The predicted octanol–water partition coefficient (Wildman–Crippen LogP) is 4.41. The maximum Gasteiger partial charge on any atom is 0.243 e. The van der Waals surface area contributed by atoms with E-state index in [4.69, 9.17) is 4.42 Å². The van der Waals surface area contributed by atoms with Crippen molar-refractivity contribution in [2.24, 2.45) is 0 Å². The van der Waals surface area contributed by atoms with Crippen LogP contribution in [0.2, 0.25) is 0 Å². The van der Waals surface area contributed by atoms with E-state index < -0.39 is 10.0 Å². The molecule has 2 heterocycles. The van der Waals surface area contributed by atoms with Crippen LogP contribution in [0.1, 0.15) is 36.0 Å². The molecule has 0 radical (unpaired) electrons. The summed E-state index contributed by atoms with van der Waals surface area (Å²) in [6.07, 6.45) is 4.58. The molecule has 1 saturated heterocycles. The van der Waals surface area contributed by atoms with E-state index in [0.29, 0.717) is 18.8 Å². The average Bonchev–Trinajstić information content (AvgIpc) is 3.11. The number of sulfonamides is 1. The molecule has 0 bridgehead atoms. The second-order valence-electron chi connectivity index (χ2n) is 7.93. The molecule has 1 N–H and O–H groups in total. The molecule has 0 atom stereocenters. The molecule has 6 nitrogen and oxygen atoms in total. The van der Waals surface area contributed by atoms with Crippen LogP contribution in [-0.2, 0) is 21.2 Å². The summed E-state index contributed by atoms with van der Waals surface area (Å²) < 4.78 is 33.0. The number of hydrogen-bond donors (Lipinski definition) is 1. The van der Waals surface area contributed by atoms with Crippen molar-refractivity contribution in [3.05, 3.63) is 59.4 Å². The van der Waals surface area contributed by atoms with E-state index in [0.717, 1.165) is 46.9 Å². The minimum absolute atomic E-state index is 0.151. The summed E-state index contributed by atoms with van der Waals surface area (Å²) in [5, 5.41) is 3.79. The Hall–Kier alpha value is -2.64. The van der Waals surface area contributed by atoms with Gasteiger partial charge in [0, 0.05) is 29.7 Å². The van der Waals surface area contributed by atoms with E-state index in [1.807, 2.05) is 32.0 Å². The van der Waals surface area contributed by atoms with Gasteiger partial charge in [-0.1, -0.05) is 24.6 Å². The Bertz CT molecular complexity index is 1190. The van der Waals surface area contributed by atoms with Gasteiger partial charge in [0.15, 0.2) is 0 Å². The first-order valence-electron chi connectivity index (χ1n) is 10.2. The van der Waals surface area contributed by atoms with Gasteiger partial charge < -0.3 is 9.73 Å². The molecule has 1 aliphatic rings. The van der Waals surface area contributed by atoms with Crippen LogP contribution in [0.15, 0.2) is 52.0 Å². The first-order valence-corrected chi connectivity index (χ1v) is 11.7. The van der Waals surface area contributed by atoms with Gasteiger partial charge >= 0.3 is 0 Å². The van der Waals surface area contributed by atoms with Gasteiger partial charge in [0.25, 0.3) is 0 Å². The van der Waals surface area contributed by atoms with Gasteiger partial charge in [0.1, 0.15) is 5.58 Å². The summed E-state index contributed by atoms with van der Waals surface area (Å²) in [6.45, 7) is 4.93. The van der Waals surface area contributed by atoms with E-state index in [1.165, 1.54) is 4.31 Å². The molecule has 2 aromatic carbocycles. The third-order valence-electron chi connectivity index (χ3n) is 5.60. The van der Waals surface area contributed by atoms with Crippen molar-refractivity contribution in [3.8, 4) is 0 Å². The molecular weight excluding hydrogens is 400 g/mol. The van der Waals surface area contributed by atoms with Crippen molar-refractivity contribution in [3.63, 3.8) is 0 Å². The lowest BCUT2D eigenvalue weighted by Crippen LogP contribution is -2.35. The van der Waals surface area contributed by atoms with Crippen LogP contribution in [-0.4, -0.2) is 31.7 Å². The molecule has 0 aliphatic carbocycles. The molecule has 158 valence electrons. The lowest BCUT2D eigenvalue weighted by molar-refractivity contribution is -0.115. The molecule has 1 fully saturated rings. The standard InChI is InChI=1S/C23H26N2O4S/c1-16-6-9-20-18(15-29-22(20)12-16)13-23(26)24-21-14-19(8-7-17(21)2)30(27,28)25-10-4-3-5-11-25/h6-9,12,14-15H,3-5,10-11,13H2,1-2H3,(H,24,26). The molecule has 0 saturated carbocycles. The fourth-order valence-electron chi connectivity index (χ4n) is 3.85. The average molecular weight is 427 g/mol. The summed E-state index contributed by atoms with van der Waals surface area (Å²) in [7, 11) is -3.55. The first kappa shape index (κ1) is 20.6. The normalized spacial score (nSPS) is 15.4. The highest BCUT2D eigenvalue weighted by Crippen LogP contribution is 2.26. The summed E-state index contributed by atoms with van der Waals surface area (Å²) in [6, 6.07) is 10.8. The molecule has 4 rings (SSSR count). The SMILES string of the molecule is Cc1ccc2c(CC(=O)Nc3cc(S(=O)(=O)N4CCCCC4)ccc3C)coc2c1. The van der Waals surface area contributed by atoms with E-state index in [9.17, 15) is 13.2 Å². The van der Waals surface area contributed by atoms with Crippen LogP contribution in [0.25, 0.3) is 11.0 Å². The number of carbonyl (C=O) groups excluding carboxylic acids is 1. The number of benzene rings is 2. The van der Waals surface area contributed by atoms with Crippen molar-refractivity contribution in [2.45, 2.75) is 44.4 Å². The Morgan fingerprint density at radius 2 is 1.83 bits per heavy atom. The zero-order chi connectivity index (χ0) is 21.3. The van der Waals surface area contributed by atoms with E-state index >= 15 is 0 Å². The third-order valence-corrected chi connectivity index (χ3v) is 7.49. The number of amides is 1. The molecule has 7 heteroatoms. The van der Waals surface area contributed by atoms with Gasteiger partial charge in [-0.2, -0.15) is 4.31 Å². The summed E-state index contributed by atoms with van der Waals surface area (Å²) in [5.41, 5.74) is 3.98. The second kappa shape index (κ2) is 8.24. The molecule has 0 unspecified atom stereocenters. The molecule has 1 aliphatic heterocycles. The minimum Gasteiger partial charge on any atom is -0.464 e. The maximum atomic E-state index is 13.0. The van der Waals surface area contributed by atoms with Gasteiger partial charge in [-0.15, -0.1) is 0 Å². The lowest BCUT2D eigenvalue weighted by atomic mass is 10.1. The molecular formula is C23H26N2O4S. The Morgan fingerprint density at radius 1 is 1.07 bits per heavy atom. The van der Waals surface area contributed by atoms with Gasteiger partial charge in [-0.3, -0.25) is 4.79 Å². The van der Waals surface area contributed by atoms with Crippen LogP contribution in [0.5, 0.6) is 0 Å². The number of fused-ring (bicyclic) bond motifs is 1. The molecule has 1 amide bonds. The fraction of sp³-hybridized carbons (Fsp3) is 0.348. The van der Waals surface area contributed by atoms with Crippen molar-refractivity contribution in [1.82, 2.24) is 4.31 Å². The quantitative estimate of drug-likeness (QED) is 0.656. The Kier molecular flexibility index (Phi) is 5.66. The Balaban J connectivity index is 1.53. The lowest BCUT2D eigenvalue weighted by Gasteiger charge is -2.26. The number of rotatable bonds is 5. The van der Waals surface area contributed by atoms with E-state index in [-0.39, 0.29) is 17.2 Å². The summed E-state index contributed by atoms with van der Waals surface area (Å²) >= 11 is 0. The number of nitrogens with one attached hydrogen (secondary N) is 1. The smallest absolute Gasteiger partial charge is 0.243 e. The highest BCUT2D eigenvalue weighted by atomic mass is 32.2. The van der Waals surface area contributed by atoms with Crippen LogP contribution in [0.3, 0.4) is 0 Å². The Morgan fingerprint density at radius 3 is 2.60 bits per heavy atom. The third kappa shape index (κ3) is 4.13. The summed E-state index contributed by atoms with van der Waals surface area (Å²) in [4.78, 5) is 12.9. The first-order chi connectivity index (χ1) is 14.3. The van der Waals surface area contributed by atoms with E-state index in [2.05, 4.69) is 5.32 Å². The van der Waals surface area contributed by atoms with Crippen LogP contribution < -0.4 is 5.32 Å². The minimum atomic E-state index is -3.55. The van der Waals surface area contributed by atoms with Crippen LogP contribution >= 0.6 is 0 Å². The summed E-state index contributed by atoms with van der Waals surface area (Å²) in [5.74, 6) is -0.214. The van der Waals surface area contributed by atoms with Crippen LogP contribution in [0, 0.1) is 13.8 Å². The molecule has 30 heavy (non-hydrogen) atoms. The number of aryl methyl sites for hydroxylation is 2.